The van der Waals surface area contributed by atoms with Gasteiger partial charge in [0.1, 0.15) is 26.2 Å². The van der Waals surface area contributed by atoms with Crippen molar-refractivity contribution in [3.05, 3.63) is 141 Å². The first-order chi connectivity index (χ1) is 21.5. The monoisotopic (exact) mass is 621 g/mol. The summed E-state index contributed by atoms with van der Waals surface area (Å²) < 4.78 is 10.7. The number of aliphatic hydroxyl groups excluding tert-OH is 1. The van der Waals surface area contributed by atoms with E-state index in [2.05, 4.69) is 41.9 Å². The second-order valence-corrected chi connectivity index (χ2v) is 15.2. The van der Waals surface area contributed by atoms with Gasteiger partial charge < -0.3 is 19.4 Å². The highest BCUT2D eigenvalue weighted by Crippen LogP contribution is 2.22. The van der Waals surface area contributed by atoms with Crippen LogP contribution in [0.4, 0.5) is 0 Å². The smallest absolute Gasteiger partial charge is 0.343 e. The molecule has 45 heavy (non-hydrogen) atoms. The predicted molar refractivity (Wildman–Crippen MR) is 172 cm³/mol. The number of esters is 2. The van der Waals surface area contributed by atoms with Crippen LogP contribution >= 0.6 is 0 Å². The lowest BCUT2D eigenvalue weighted by Gasteiger charge is -2.09. The molecule has 0 heterocycles. The SMILES string of the molecule is C#Cc1cc(CO[N+](=O)[O-])ccc1OC(=O)c1ccccc1.C[Si](C)(C)C#Cc1cc(CO)ccc1OC(=O)c1ccccc1. The molecule has 0 unspecified atom stereocenters. The van der Waals surface area contributed by atoms with Gasteiger partial charge in [0, 0.05) is 0 Å². The zero-order valence-electron chi connectivity index (χ0n) is 25.0. The number of hydrogen-bond acceptors (Lipinski definition) is 8. The van der Waals surface area contributed by atoms with Crippen LogP contribution in [0.15, 0.2) is 97.1 Å². The molecule has 0 saturated heterocycles. The van der Waals surface area contributed by atoms with E-state index in [-0.39, 0.29) is 19.0 Å². The molecule has 0 spiro atoms. The van der Waals surface area contributed by atoms with Crippen molar-refractivity contribution < 1.29 is 34.1 Å². The van der Waals surface area contributed by atoms with Crippen molar-refractivity contribution in [3.63, 3.8) is 0 Å². The largest absolute Gasteiger partial charge is 0.422 e. The average Bonchev–Trinajstić information content (AvgIpc) is 3.04. The van der Waals surface area contributed by atoms with Crippen LogP contribution in [0.3, 0.4) is 0 Å². The molecule has 0 aliphatic carbocycles. The molecular formula is C35H31NO8Si. The van der Waals surface area contributed by atoms with Gasteiger partial charge in [-0.15, -0.1) is 22.1 Å². The first-order valence-electron chi connectivity index (χ1n) is 13.7. The Balaban J connectivity index is 0.000000246. The fraction of sp³-hybridized carbons (Fsp3) is 0.143. The molecule has 0 bridgehead atoms. The lowest BCUT2D eigenvalue weighted by molar-refractivity contribution is -0.763. The summed E-state index contributed by atoms with van der Waals surface area (Å²) in [6.07, 6.45) is 5.37. The third-order valence-corrected chi connectivity index (χ3v) is 6.63. The van der Waals surface area contributed by atoms with Gasteiger partial charge in [0.2, 0.25) is 0 Å². The van der Waals surface area contributed by atoms with Crippen LogP contribution in [0, 0.1) is 33.9 Å². The fourth-order valence-corrected chi connectivity index (χ4v) is 4.09. The van der Waals surface area contributed by atoms with Crippen LogP contribution in [0.1, 0.15) is 43.0 Å². The molecule has 0 aromatic heterocycles. The zero-order valence-corrected chi connectivity index (χ0v) is 26.0. The quantitative estimate of drug-likeness (QED) is 0.0614. The van der Waals surface area contributed by atoms with E-state index in [4.69, 9.17) is 15.9 Å². The summed E-state index contributed by atoms with van der Waals surface area (Å²) in [5, 5.41) is 18.6. The van der Waals surface area contributed by atoms with E-state index in [0.29, 0.717) is 33.6 Å². The van der Waals surface area contributed by atoms with Crippen LogP contribution in [-0.4, -0.2) is 30.2 Å². The highest BCUT2D eigenvalue weighted by molar-refractivity contribution is 6.83. The molecule has 228 valence electrons. The van der Waals surface area contributed by atoms with Crippen LogP contribution in [0.2, 0.25) is 19.6 Å². The van der Waals surface area contributed by atoms with E-state index < -0.39 is 25.1 Å². The molecule has 0 fully saturated rings. The van der Waals surface area contributed by atoms with Gasteiger partial charge in [-0.1, -0.05) is 80.0 Å². The molecule has 4 rings (SSSR count). The average molecular weight is 622 g/mol. The number of aliphatic hydroxyl groups is 1. The highest BCUT2D eigenvalue weighted by Gasteiger charge is 2.14. The van der Waals surface area contributed by atoms with E-state index in [1.54, 1.807) is 72.8 Å². The van der Waals surface area contributed by atoms with Crippen LogP contribution in [-0.2, 0) is 18.1 Å². The maximum absolute atomic E-state index is 12.2. The molecule has 9 nitrogen and oxygen atoms in total. The van der Waals surface area contributed by atoms with Crippen molar-refractivity contribution in [1.82, 2.24) is 0 Å². The maximum Gasteiger partial charge on any atom is 0.343 e. The first-order valence-corrected chi connectivity index (χ1v) is 17.2. The second-order valence-electron chi connectivity index (χ2n) is 10.5. The summed E-state index contributed by atoms with van der Waals surface area (Å²) in [5.74, 6) is 5.16. The number of carbonyl (C=O) groups excluding carboxylic acids is 2. The molecule has 10 heteroatoms. The van der Waals surface area contributed by atoms with Crippen molar-refractivity contribution >= 4 is 20.0 Å². The van der Waals surface area contributed by atoms with Gasteiger partial charge in [-0.3, -0.25) is 0 Å². The van der Waals surface area contributed by atoms with Crippen LogP contribution in [0.25, 0.3) is 0 Å². The molecule has 0 atom stereocenters. The molecule has 0 amide bonds. The summed E-state index contributed by atoms with van der Waals surface area (Å²) in [6, 6.07) is 27.0. The number of benzene rings is 4. The van der Waals surface area contributed by atoms with Crippen molar-refractivity contribution in [3.8, 4) is 35.3 Å². The van der Waals surface area contributed by atoms with Crippen molar-refractivity contribution in [2.24, 2.45) is 0 Å². The Hall–Kier alpha value is -5.68. The molecule has 1 N–H and O–H groups in total. The second kappa shape index (κ2) is 16.2. The molecule has 0 saturated carbocycles. The molecule has 4 aromatic rings. The topological polar surface area (TPSA) is 125 Å². The lowest BCUT2D eigenvalue weighted by atomic mass is 10.1. The number of terminal acetylenes is 1. The number of hydrogen-bond donors (Lipinski definition) is 1. The van der Waals surface area contributed by atoms with Crippen molar-refractivity contribution in [1.29, 1.82) is 0 Å². The number of nitrogens with zero attached hydrogens (tertiary/aromatic N) is 1. The van der Waals surface area contributed by atoms with Crippen molar-refractivity contribution in [2.45, 2.75) is 32.9 Å². The number of ether oxygens (including phenoxy) is 2. The first kappa shape index (κ1) is 33.8. The number of rotatable bonds is 8. The predicted octanol–water partition coefficient (Wildman–Crippen LogP) is 6.22. The minimum absolute atomic E-state index is 0.0749. The van der Waals surface area contributed by atoms with E-state index in [9.17, 15) is 24.8 Å². The summed E-state index contributed by atoms with van der Waals surface area (Å²) in [5.41, 5.74) is 6.33. The summed E-state index contributed by atoms with van der Waals surface area (Å²) in [4.78, 5) is 38.6. The van der Waals surface area contributed by atoms with Crippen LogP contribution < -0.4 is 9.47 Å². The Morgan fingerprint density at radius 2 is 1.29 bits per heavy atom. The Morgan fingerprint density at radius 3 is 1.76 bits per heavy atom. The highest BCUT2D eigenvalue weighted by atomic mass is 28.3. The molecule has 0 aliphatic heterocycles. The molecule has 4 aromatic carbocycles. The summed E-state index contributed by atoms with van der Waals surface area (Å²) >= 11 is 0. The minimum Gasteiger partial charge on any atom is -0.422 e. The number of carbonyl (C=O) groups is 2. The third-order valence-electron chi connectivity index (χ3n) is 5.76. The normalized spacial score (nSPS) is 10.1. The summed E-state index contributed by atoms with van der Waals surface area (Å²) in [7, 11) is -1.56. The van der Waals surface area contributed by atoms with E-state index in [0.717, 1.165) is 5.56 Å². The fourth-order valence-electron chi connectivity index (χ4n) is 3.58. The molecule has 0 radical (unpaired) electrons. The Kier molecular flexibility index (Phi) is 12.2. The van der Waals surface area contributed by atoms with E-state index >= 15 is 0 Å². The minimum atomic E-state index is -1.56. The van der Waals surface area contributed by atoms with Crippen molar-refractivity contribution in [2.75, 3.05) is 0 Å². The Labute approximate surface area is 262 Å². The van der Waals surface area contributed by atoms with E-state index in [1.165, 1.54) is 18.2 Å². The van der Waals surface area contributed by atoms with Crippen LogP contribution in [0.5, 0.6) is 11.5 Å². The van der Waals surface area contributed by atoms with Gasteiger partial charge in [0.15, 0.2) is 0 Å². The van der Waals surface area contributed by atoms with Gasteiger partial charge in [0.05, 0.1) is 28.9 Å². The van der Waals surface area contributed by atoms with E-state index in [1.807, 2.05) is 6.07 Å². The van der Waals surface area contributed by atoms with Gasteiger partial charge in [-0.05, 0) is 59.7 Å². The lowest BCUT2D eigenvalue weighted by Crippen LogP contribution is -2.16. The summed E-state index contributed by atoms with van der Waals surface area (Å²) in [6.45, 7) is 6.13. The maximum atomic E-state index is 12.2. The van der Waals surface area contributed by atoms with Gasteiger partial charge in [-0.25, -0.2) is 9.59 Å². The Bertz CT molecular complexity index is 1750. The third kappa shape index (κ3) is 11.2. The zero-order chi connectivity index (χ0) is 32.8. The van der Waals surface area contributed by atoms with Gasteiger partial charge in [-0.2, -0.15) is 0 Å². The standard InChI is InChI=1S/C19H20O3Si.C16H11NO5/c1-23(2,3)12-11-17-13-15(14-20)9-10-18(17)22-19(21)16-7-5-4-6-8-16;1-2-13-10-12(11-21-17(19)20)8-9-15(13)22-16(18)14-6-4-3-5-7-14/h4-10,13,20H,14H2,1-3H3;1,3-10H,11H2. The van der Waals surface area contributed by atoms with Gasteiger partial charge >= 0.3 is 11.9 Å². The Morgan fingerprint density at radius 1 is 0.800 bits per heavy atom. The van der Waals surface area contributed by atoms with Gasteiger partial charge in [0.25, 0.3) is 5.09 Å². The molecular weight excluding hydrogens is 590 g/mol. The molecule has 0 aliphatic rings.